The Morgan fingerprint density at radius 2 is 2.04 bits per heavy atom. The second kappa shape index (κ2) is 6.75. The molecule has 3 aliphatic rings. The minimum absolute atomic E-state index is 0.124. The first-order chi connectivity index (χ1) is 11.7. The van der Waals surface area contributed by atoms with Gasteiger partial charge >= 0.3 is 6.03 Å². The summed E-state index contributed by atoms with van der Waals surface area (Å²) in [5.41, 5.74) is 2.49. The maximum absolute atomic E-state index is 12.9. The molecule has 1 aliphatic carbocycles. The first-order valence-corrected chi connectivity index (χ1v) is 9.52. The number of nitrogens with zero attached hydrogens (tertiary/aromatic N) is 4. The molecule has 6 heteroatoms. The predicted octanol–water partition coefficient (Wildman–Crippen LogP) is 2.07. The van der Waals surface area contributed by atoms with Crippen LogP contribution in [-0.2, 0) is 13.5 Å². The smallest absolute Gasteiger partial charge is 0.318 e. The summed E-state index contributed by atoms with van der Waals surface area (Å²) in [5.74, 6) is 0. The molecule has 24 heavy (non-hydrogen) atoms. The molecule has 3 heterocycles. The fraction of sp³-hybridized carbons (Fsp3) is 0.778. The molecular weight excluding hydrogens is 302 g/mol. The number of amides is 2. The van der Waals surface area contributed by atoms with Crippen LogP contribution in [0.1, 0.15) is 55.8 Å². The highest BCUT2D eigenvalue weighted by molar-refractivity contribution is 5.75. The third-order valence-electron chi connectivity index (χ3n) is 5.98. The van der Waals surface area contributed by atoms with Crippen LogP contribution in [0.15, 0.2) is 6.20 Å². The van der Waals surface area contributed by atoms with Crippen molar-refractivity contribution in [3.63, 3.8) is 0 Å². The van der Waals surface area contributed by atoms with E-state index in [-0.39, 0.29) is 12.1 Å². The van der Waals surface area contributed by atoms with Crippen LogP contribution in [0, 0.1) is 0 Å². The monoisotopic (exact) mass is 331 g/mol. The number of aryl methyl sites for hydroxylation is 1. The number of nitrogens with one attached hydrogen (secondary N) is 1. The average Bonchev–Trinajstić information content (AvgIpc) is 3.31. The molecule has 0 radical (unpaired) electrons. The van der Waals surface area contributed by atoms with Crippen molar-refractivity contribution in [1.29, 1.82) is 0 Å². The number of hydrogen-bond donors (Lipinski definition) is 1. The molecule has 2 fully saturated rings. The summed E-state index contributed by atoms with van der Waals surface area (Å²) in [6.45, 7) is 4.36. The molecule has 1 N–H and O–H groups in total. The predicted molar refractivity (Wildman–Crippen MR) is 92.8 cm³/mol. The Morgan fingerprint density at radius 3 is 2.88 bits per heavy atom. The summed E-state index contributed by atoms with van der Waals surface area (Å²) in [6.07, 6.45) is 10.0. The zero-order valence-corrected chi connectivity index (χ0v) is 14.7. The molecule has 6 nitrogen and oxygen atoms in total. The van der Waals surface area contributed by atoms with Crippen LogP contribution in [0.2, 0.25) is 0 Å². The van der Waals surface area contributed by atoms with Crippen LogP contribution in [-0.4, -0.2) is 57.8 Å². The minimum Gasteiger partial charge on any atom is -0.331 e. The molecule has 2 atom stereocenters. The quantitative estimate of drug-likeness (QED) is 0.922. The highest BCUT2D eigenvalue weighted by Crippen LogP contribution is 2.30. The van der Waals surface area contributed by atoms with Crippen LogP contribution in [0.3, 0.4) is 0 Å². The van der Waals surface area contributed by atoms with Gasteiger partial charge in [0.1, 0.15) is 0 Å². The van der Waals surface area contributed by atoms with Crippen LogP contribution in [0.5, 0.6) is 0 Å². The summed E-state index contributed by atoms with van der Waals surface area (Å²) in [5, 5.41) is 7.68. The number of urea groups is 1. The molecular formula is C18H29N5O. The standard InChI is InChI=1S/C18H29N5O/c1-21-17-8-4-7-16(15(17)12-19-21)20-18(24)23-11-5-6-14(23)13-22-9-2-3-10-22/h12,14,16H,2-11,13H2,1H3,(H,20,24)/t14-,16+/m1/s1. The molecule has 0 bridgehead atoms. The summed E-state index contributed by atoms with van der Waals surface area (Å²) in [6, 6.07) is 0.640. The summed E-state index contributed by atoms with van der Waals surface area (Å²) >= 11 is 0. The van der Waals surface area contributed by atoms with Gasteiger partial charge in [-0.3, -0.25) is 4.68 Å². The van der Waals surface area contributed by atoms with E-state index in [0.29, 0.717) is 6.04 Å². The van der Waals surface area contributed by atoms with Gasteiger partial charge in [0.15, 0.2) is 0 Å². The van der Waals surface area contributed by atoms with Crippen molar-refractivity contribution in [2.24, 2.45) is 7.05 Å². The van der Waals surface area contributed by atoms with Gasteiger partial charge < -0.3 is 15.1 Å². The van der Waals surface area contributed by atoms with Crippen molar-refractivity contribution in [1.82, 2.24) is 24.9 Å². The first kappa shape index (κ1) is 15.9. The molecule has 1 aromatic heterocycles. The van der Waals surface area contributed by atoms with E-state index in [1.807, 2.05) is 17.9 Å². The topological polar surface area (TPSA) is 53.4 Å². The number of likely N-dealkylation sites (tertiary alicyclic amines) is 2. The van der Waals surface area contributed by atoms with Crippen LogP contribution in [0.25, 0.3) is 0 Å². The number of aromatic nitrogens is 2. The zero-order valence-electron chi connectivity index (χ0n) is 14.7. The fourth-order valence-corrected chi connectivity index (χ4v) is 4.64. The lowest BCUT2D eigenvalue weighted by molar-refractivity contribution is 0.170. The molecule has 0 aromatic carbocycles. The van der Waals surface area contributed by atoms with Crippen molar-refractivity contribution in [3.8, 4) is 0 Å². The van der Waals surface area contributed by atoms with Gasteiger partial charge in [0, 0.05) is 37.4 Å². The molecule has 1 aromatic rings. The summed E-state index contributed by atoms with van der Waals surface area (Å²) < 4.78 is 1.96. The Morgan fingerprint density at radius 1 is 1.21 bits per heavy atom. The van der Waals surface area contributed by atoms with E-state index in [4.69, 9.17) is 0 Å². The summed E-state index contributed by atoms with van der Waals surface area (Å²) in [4.78, 5) is 17.5. The molecule has 2 aliphatic heterocycles. The maximum Gasteiger partial charge on any atom is 0.318 e. The number of rotatable bonds is 3. The number of fused-ring (bicyclic) bond motifs is 1. The Balaban J connectivity index is 1.40. The highest BCUT2D eigenvalue weighted by Gasteiger charge is 2.33. The van der Waals surface area contributed by atoms with Gasteiger partial charge in [-0.1, -0.05) is 0 Å². The lowest BCUT2D eigenvalue weighted by Crippen LogP contribution is -2.48. The Labute approximate surface area is 144 Å². The van der Waals surface area contributed by atoms with Crippen molar-refractivity contribution in [3.05, 3.63) is 17.5 Å². The van der Waals surface area contributed by atoms with E-state index in [1.54, 1.807) is 0 Å². The molecule has 0 unspecified atom stereocenters. The zero-order chi connectivity index (χ0) is 16.5. The van der Waals surface area contributed by atoms with Crippen molar-refractivity contribution in [2.75, 3.05) is 26.2 Å². The molecule has 2 amide bonds. The highest BCUT2D eigenvalue weighted by atomic mass is 16.2. The first-order valence-electron chi connectivity index (χ1n) is 9.52. The lowest BCUT2D eigenvalue weighted by Gasteiger charge is -2.31. The molecule has 2 saturated heterocycles. The number of carbonyl (C=O) groups is 1. The van der Waals surface area contributed by atoms with E-state index in [2.05, 4.69) is 20.2 Å². The molecule has 0 spiro atoms. The van der Waals surface area contributed by atoms with Gasteiger partial charge in [0.2, 0.25) is 0 Å². The van der Waals surface area contributed by atoms with Gasteiger partial charge in [-0.05, 0) is 58.0 Å². The van der Waals surface area contributed by atoms with Crippen LogP contribution >= 0.6 is 0 Å². The normalized spacial score (nSPS) is 27.5. The Bertz CT molecular complexity index is 592. The van der Waals surface area contributed by atoms with Gasteiger partial charge in [-0.25, -0.2) is 4.79 Å². The lowest BCUT2D eigenvalue weighted by atomic mass is 9.93. The van der Waals surface area contributed by atoms with Gasteiger partial charge in [-0.2, -0.15) is 5.10 Å². The Hall–Kier alpha value is -1.56. The van der Waals surface area contributed by atoms with Crippen LogP contribution < -0.4 is 5.32 Å². The SMILES string of the molecule is Cn1ncc2c1CCC[C@@H]2NC(=O)N1CCC[C@@H]1CN1CCCC1. The largest absolute Gasteiger partial charge is 0.331 e. The van der Waals surface area contributed by atoms with E-state index < -0.39 is 0 Å². The molecule has 4 rings (SSSR count). The van der Waals surface area contributed by atoms with Gasteiger partial charge in [-0.15, -0.1) is 0 Å². The van der Waals surface area contributed by atoms with Gasteiger partial charge in [0.25, 0.3) is 0 Å². The number of hydrogen-bond acceptors (Lipinski definition) is 3. The van der Waals surface area contributed by atoms with Crippen molar-refractivity contribution in [2.45, 2.75) is 57.0 Å². The summed E-state index contributed by atoms with van der Waals surface area (Å²) in [7, 11) is 2.00. The molecule has 132 valence electrons. The second-order valence-electron chi connectivity index (χ2n) is 7.56. The minimum atomic E-state index is 0.124. The maximum atomic E-state index is 12.9. The van der Waals surface area contributed by atoms with Crippen molar-refractivity contribution >= 4 is 6.03 Å². The number of carbonyl (C=O) groups excluding carboxylic acids is 1. The van der Waals surface area contributed by atoms with E-state index in [0.717, 1.165) is 45.2 Å². The van der Waals surface area contributed by atoms with Crippen LogP contribution in [0.4, 0.5) is 4.79 Å². The van der Waals surface area contributed by atoms with E-state index in [9.17, 15) is 4.79 Å². The van der Waals surface area contributed by atoms with E-state index in [1.165, 1.54) is 37.2 Å². The Kier molecular flexibility index (Phi) is 4.48. The van der Waals surface area contributed by atoms with E-state index >= 15 is 0 Å². The fourth-order valence-electron chi connectivity index (χ4n) is 4.64. The van der Waals surface area contributed by atoms with Crippen molar-refractivity contribution < 1.29 is 4.79 Å². The van der Waals surface area contributed by atoms with Gasteiger partial charge in [0.05, 0.1) is 12.2 Å². The molecule has 0 saturated carbocycles. The third-order valence-corrected chi connectivity index (χ3v) is 5.98. The average molecular weight is 331 g/mol. The second-order valence-corrected chi connectivity index (χ2v) is 7.56. The third kappa shape index (κ3) is 3.04.